The zero-order valence-corrected chi connectivity index (χ0v) is 13.1. The van der Waals surface area contributed by atoms with E-state index in [0.29, 0.717) is 16.2 Å². The van der Waals surface area contributed by atoms with Crippen LogP contribution in [-0.2, 0) is 0 Å². The average molecular weight is 320 g/mol. The van der Waals surface area contributed by atoms with Crippen LogP contribution in [0, 0.1) is 0 Å². The van der Waals surface area contributed by atoms with Gasteiger partial charge in [-0.2, -0.15) is 13.2 Å². The van der Waals surface area contributed by atoms with E-state index in [4.69, 9.17) is 12.2 Å². The van der Waals surface area contributed by atoms with Gasteiger partial charge in [-0.1, -0.05) is 75.2 Å². The predicted octanol–water partition coefficient (Wildman–Crippen LogP) is 6.00. The fraction of sp³-hybridized carbons (Fsp3) is 0.533. The number of halogens is 3. The van der Waals surface area contributed by atoms with Gasteiger partial charge in [-0.05, 0) is 12.0 Å². The van der Waals surface area contributed by atoms with Crippen molar-refractivity contribution in [2.45, 2.75) is 50.5 Å². The maximum atomic E-state index is 13.0. The van der Waals surface area contributed by atoms with Crippen molar-refractivity contribution in [1.82, 2.24) is 0 Å². The zero-order valence-electron chi connectivity index (χ0n) is 11.5. The third kappa shape index (κ3) is 6.27. The molecular formula is C15H19F3S2. The van der Waals surface area contributed by atoms with Crippen LogP contribution >= 0.6 is 24.0 Å². The summed E-state index contributed by atoms with van der Waals surface area (Å²) in [5.74, 6) is 0. The molecule has 0 aliphatic rings. The molecule has 1 aromatic carbocycles. The van der Waals surface area contributed by atoms with E-state index >= 15 is 0 Å². The number of unbranched alkanes of at least 4 members (excludes halogenated alkanes) is 3. The average Bonchev–Trinajstić information content (AvgIpc) is 2.42. The molecular weight excluding hydrogens is 301 g/mol. The minimum Gasteiger partial charge on any atom is -0.170 e. The van der Waals surface area contributed by atoms with Gasteiger partial charge in [-0.3, -0.25) is 0 Å². The summed E-state index contributed by atoms with van der Waals surface area (Å²) in [6.45, 7) is 2.04. The van der Waals surface area contributed by atoms with E-state index in [1.165, 1.54) is 0 Å². The number of thioether (sulfide) groups is 1. The maximum Gasteiger partial charge on any atom is 0.400 e. The Kier molecular flexibility index (Phi) is 7.59. The first-order valence-corrected chi connectivity index (χ1v) is 8.06. The van der Waals surface area contributed by atoms with E-state index in [2.05, 4.69) is 0 Å². The van der Waals surface area contributed by atoms with Gasteiger partial charge in [0.2, 0.25) is 0 Å². The van der Waals surface area contributed by atoms with Crippen LogP contribution in [0.1, 0.15) is 44.6 Å². The highest BCUT2D eigenvalue weighted by molar-refractivity contribution is 8.24. The molecule has 0 aromatic heterocycles. The molecule has 1 aromatic rings. The van der Waals surface area contributed by atoms with Crippen LogP contribution in [0.2, 0.25) is 0 Å². The third-order valence-electron chi connectivity index (χ3n) is 2.94. The molecule has 0 bridgehead atoms. The molecule has 0 saturated heterocycles. The highest BCUT2D eigenvalue weighted by atomic mass is 32.2. The number of alkyl halides is 3. The molecule has 1 atom stereocenters. The Hall–Kier alpha value is -0.550. The molecule has 0 radical (unpaired) electrons. The lowest BCUT2D eigenvalue weighted by Crippen LogP contribution is -2.27. The van der Waals surface area contributed by atoms with E-state index < -0.39 is 11.4 Å². The first-order valence-electron chi connectivity index (χ1n) is 6.78. The fourth-order valence-corrected chi connectivity index (χ4v) is 3.25. The first kappa shape index (κ1) is 17.5. The molecule has 1 unspecified atom stereocenters. The molecule has 0 nitrogen and oxygen atoms in total. The lowest BCUT2D eigenvalue weighted by Gasteiger charge is -2.20. The fourth-order valence-electron chi connectivity index (χ4n) is 1.82. The molecule has 0 aliphatic carbocycles. The van der Waals surface area contributed by atoms with Crippen molar-refractivity contribution in [3.05, 3.63) is 35.9 Å². The van der Waals surface area contributed by atoms with Gasteiger partial charge in [0.15, 0.2) is 0 Å². The van der Waals surface area contributed by atoms with Gasteiger partial charge in [0.05, 0.1) is 4.20 Å². The number of benzene rings is 1. The summed E-state index contributed by atoms with van der Waals surface area (Å²) in [7, 11) is 0. The lowest BCUT2D eigenvalue weighted by molar-refractivity contribution is -0.129. The molecule has 0 aliphatic heterocycles. The molecule has 20 heavy (non-hydrogen) atoms. The van der Waals surface area contributed by atoms with Gasteiger partial charge in [-0.15, -0.1) is 11.8 Å². The molecule has 112 valence electrons. The Balaban J connectivity index is 2.59. The number of hydrogen-bond donors (Lipinski definition) is 0. The molecule has 0 saturated carbocycles. The highest BCUT2D eigenvalue weighted by Crippen LogP contribution is 2.36. The summed E-state index contributed by atoms with van der Waals surface area (Å²) in [6.07, 6.45) is -0.606. The van der Waals surface area contributed by atoms with Gasteiger partial charge in [0.25, 0.3) is 0 Å². The molecule has 0 N–H and O–H groups in total. The second kappa shape index (κ2) is 8.67. The molecule has 1 rings (SSSR count). The van der Waals surface area contributed by atoms with Gasteiger partial charge in [-0.25, -0.2) is 0 Å². The smallest absolute Gasteiger partial charge is 0.170 e. The number of hydrogen-bond acceptors (Lipinski definition) is 2. The quantitative estimate of drug-likeness (QED) is 0.446. The molecule has 0 fully saturated rings. The highest BCUT2D eigenvalue weighted by Gasteiger charge is 2.40. The van der Waals surface area contributed by atoms with Crippen molar-refractivity contribution >= 4 is 28.2 Å². The van der Waals surface area contributed by atoms with E-state index in [0.717, 1.165) is 31.0 Å². The Labute approximate surface area is 128 Å². The third-order valence-corrected chi connectivity index (χ3v) is 4.71. The van der Waals surface area contributed by atoms with Crippen molar-refractivity contribution in [2.75, 3.05) is 0 Å². The number of thiocarbonyl (C=S) groups is 1. The van der Waals surface area contributed by atoms with Gasteiger partial charge in [0, 0.05) is 0 Å². The standard InChI is InChI=1S/C15H19F3S2/c1-2-3-4-8-11-13(15(16,17)18)20-14(19)12-9-6-5-7-10-12/h5-7,9-10,13H,2-4,8,11H2,1H3. The normalized spacial score (nSPS) is 13.2. The summed E-state index contributed by atoms with van der Waals surface area (Å²) >= 11 is 5.90. The van der Waals surface area contributed by atoms with Crippen molar-refractivity contribution in [2.24, 2.45) is 0 Å². The Morgan fingerprint density at radius 1 is 1.15 bits per heavy atom. The van der Waals surface area contributed by atoms with Gasteiger partial charge >= 0.3 is 6.18 Å². The maximum absolute atomic E-state index is 13.0. The van der Waals surface area contributed by atoms with Crippen molar-refractivity contribution in [3.8, 4) is 0 Å². The van der Waals surface area contributed by atoms with Crippen LogP contribution in [0.3, 0.4) is 0 Å². The Morgan fingerprint density at radius 3 is 2.35 bits per heavy atom. The SMILES string of the molecule is CCCCCCC(SC(=S)c1ccccc1)C(F)(F)F. The van der Waals surface area contributed by atoms with E-state index in [1.54, 1.807) is 24.3 Å². The summed E-state index contributed by atoms with van der Waals surface area (Å²) in [5.41, 5.74) is 0.690. The second-order valence-corrected chi connectivity index (χ2v) is 6.53. The van der Waals surface area contributed by atoms with Crippen LogP contribution in [0.15, 0.2) is 30.3 Å². The van der Waals surface area contributed by atoms with Crippen LogP contribution < -0.4 is 0 Å². The minimum absolute atomic E-state index is 0.140. The molecule has 0 spiro atoms. The predicted molar refractivity (Wildman–Crippen MR) is 84.3 cm³/mol. The molecule has 5 heteroatoms. The number of rotatable bonds is 7. The minimum atomic E-state index is -4.20. The van der Waals surface area contributed by atoms with Crippen molar-refractivity contribution in [1.29, 1.82) is 0 Å². The van der Waals surface area contributed by atoms with E-state index in [9.17, 15) is 13.2 Å². The Morgan fingerprint density at radius 2 is 1.80 bits per heavy atom. The summed E-state index contributed by atoms with van der Waals surface area (Å²) < 4.78 is 39.4. The second-order valence-electron chi connectivity index (χ2n) is 4.65. The van der Waals surface area contributed by atoms with Gasteiger partial charge in [0.1, 0.15) is 5.25 Å². The van der Waals surface area contributed by atoms with Crippen molar-refractivity contribution < 1.29 is 13.2 Å². The van der Waals surface area contributed by atoms with Gasteiger partial charge < -0.3 is 0 Å². The first-order chi connectivity index (χ1) is 9.45. The topological polar surface area (TPSA) is 0 Å². The molecule has 0 amide bonds. The van der Waals surface area contributed by atoms with Crippen LogP contribution in [0.5, 0.6) is 0 Å². The zero-order chi connectivity index (χ0) is 15.0. The van der Waals surface area contributed by atoms with E-state index in [-0.39, 0.29) is 6.42 Å². The van der Waals surface area contributed by atoms with E-state index in [1.807, 2.05) is 13.0 Å². The van der Waals surface area contributed by atoms with Crippen LogP contribution in [0.25, 0.3) is 0 Å². The monoisotopic (exact) mass is 320 g/mol. The summed E-state index contributed by atoms with van der Waals surface area (Å²) in [6, 6.07) is 8.89. The van der Waals surface area contributed by atoms with Crippen LogP contribution in [-0.4, -0.2) is 15.6 Å². The summed E-state index contributed by atoms with van der Waals surface area (Å²) in [4.78, 5) is 0. The molecule has 0 heterocycles. The largest absolute Gasteiger partial charge is 0.400 e. The van der Waals surface area contributed by atoms with Crippen LogP contribution in [0.4, 0.5) is 13.2 Å². The summed E-state index contributed by atoms with van der Waals surface area (Å²) in [5, 5.41) is -1.40. The Bertz CT molecular complexity index is 401. The lowest BCUT2D eigenvalue weighted by atomic mass is 10.1. The van der Waals surface area contributed by atoms with Crippen molar-refractivity contribution in [3.63, 3.8) is 0 Å².